The van der Waals surface area contributed by atoms with Crippen LogP contribution in [0.15, 0.2) is 53.1 Å². The lowest BCUT2D eigenvalue weighted by Crippen LogP contribution is -2.31. The van der Waals surface area contributed by atoms with Gasteiger partial charge in [0.05, 0.1) is 0 Å². The van der Waals surface area contributed by atoms with E-state index in [-0.39, 0.29) is 29.7 Å². The molecule has 1 aliphatic rings. The number of aromatic nitrogens is 1. The van der Waals surface area contributed by atoms with Crippen LogP contribution in [-0.2, 0) is 13.0 Å². The summed E-state index contributed by atoms with van der Waals surface area (Å²) in [4.78, 5) is 24.3. The number of fused-ring (bicyclic) bond motifs is 1. The zero-order valence-corrected chi connectivity index (χ0v) is 14.7. The van der Waals surface area contributed by atoms with E-state index < -0.39 is 11.7 Å². The number of benzene rings is 2. The van der Waals surface area contributed by atoms with Gasteiger partial charge < -0.3 is 19.9 Å². The monoisotopic (exact) mass is 381 g/mol. The van der Waals surface area contributed by atoms with E-state index >= 15 is 0 Å². The topological polar surface area (TPSA) is 93.5 Å². The normalized spacial score (nSPS) is 12.8. The van der Waals surface area contributed by atoms with Crippen LogP contribution < -0.4 is 15.4 Å². The minimum atomic E-state index is -0.489. The molecule has 1 aromatic heterocycles. The van der Waals surface area contributed by atoms with E-state index in [9.17, 15) is 14.0 Å². The number of carbonyl (C=O) groups is 2. The third-order valence-corrected chi connectivity index (χ3v) is 4.29. The standard InChI is InChI=1S/C20H16FN3O4/c21-16-3-1-2-4-18(16)27-11-14-10-17(24-28-14)20(26)23-13-6-5-12-7-8-22-19(25)15(12)9-13/h1-6,9-10H,7-8,11H2,(H,22,25)(H,23,26). The summed E-state index contributed by atoms with van der Waals surface area (Å²) in [5.41, 5.74) is 2.02. The van der Waals surface area contributed by atoms with Crippen LogP contribution >= 0.6 is 0 Å². The van der Waals surface area contributed by atoms with Gasteiger partial charge in [-0.1, -0.05) is 23.4 Å². The Morgan fingerprint density at radius 3 is 2.96 bits per heavy atom. The molecule has 142 valence electrons. The molecule has 2 aromatic carbocycles. The van der Waals surface area contributed by atoms with Gasteiger partial charge in [-0.25, -0.2) is 4.39 Å². The van der Waals surface area contributed by atoms with Crippen LogP contribution in [0.25, 0.3) is 0 Å². The van der Waals surface area contributed by atoms with Crippen molar-refractivity contribution in [3.63, 3.8) is 0 Å². The molecule has 3 aromatic rings. The van der Waals surface area contributed by atoms with Crippen molar-refractivity contribution in [1.29, 1.82) is 0 Å². The summed E-state index contributed by atoms with van der Waals surface area (Å²) in [5.74, 6) is -0.782. The van der Waals surface area contributed by atoms with E-state index in [1.54, 1.807) is 24.3 Å². The number of nitrogens with zero attached hydrogens (tertiary/aromatic N) is 1. The molecule has 2 heterocycles. The molecule has 0 bridgehead atoms. The third-order valence-electron chi connectivity index (χ3n) is 4.29. The lowest BCUT2D eigenvalue weighted by atomic mass is 10.00. The highest BCUT2D eigenvalue weighted by molar-refractivity contribution is 6.04. The van der Waals surface area contributed by atoms with Gasteiger partial charge in [-0.3, -0.25) is 9.59 Å². The van der Waals surface area contributed by atoms with Gasteiger partial charge in [0, 0.05) is 23.9 Å². The highest BCUT2D eigenvalue weighted by Crippen LogP contribution is 2.20. The minimum absolute atomic E-state index is 0.0503. The maximum atomic E-state index is 13.6. The molecule has 0 atom stereocenters. The van der Waals surface area contributed by atoms with Crippen LogP contribution in [0.2, 0.25) is 0 Å². The number of nitrogens with one attached hydrogen (secondary N) is 2. The molecule has 2 amide bonds. The number of rotatable bonds is 5. The zero-order valence-electron chi connectivity index (χ0n) is 14.7. The summed E-state index contributed by atoms with van der Waals surface area (Å²) >= 11 is 0. The molecular formula is C20H16FN3O4. The van der Waals surface area contributed by atoms with E-state index in [1.807, 2.05) is 6.07 Å². The maximum absolute atomic E-state index is 13.6. The lowest BCUT2D eigenvalue weighted by Gasteiger charge is -2.17. The predicted octanol–water partition coefficient (Wildman–Crippen LogP) is 2.93. The van der Waals surface area contributed by atoms with Crippen molar-refractivity contribution in [2.45, 2.75) is 13.0 Å². The molecule has 0 aliphatic carbocycles. The number of hydrogen-bond acceptors (Lipinski definition) is 5. The van der Waals surface area contributed by atoms with Crippen LogP contribution in [0.4, 0.5) is 10.1 Å². The first-order valence-corrected chi connectivity index (χ1v) is 8.65. The van der Waals surface area contributed by atoms with E-state index in [0.29, 0.717) is 17.8 Å². The number of carbonyl (C=O) groups excluding carboxylic acids is 2. The van der Waals surface area contributed by atoms with Crippen molar-refractivity contribution in [2.75, 3.05) is 11.9 Å². The Labute approximate surface area is 159 Å². The van der Waals surface area contributed by atoms with E-state index in [1.165, 1.54) is 18.2 Å². The van der Waals surface area contributed by atoms with Gasteiger partial charge in [-0.05, 0) is 36.2 Å². The molecule has 7 nitrogen and oxygen atoms in total. The Bertz CT molecular complexity index is 1050. The smallest absolute Gasteiger partial charge is 0.277 e. The van der Waals surface area contributed by atoms with Gasteiger partial charge in [0.15, 0.2) is 23.0 Å². The molecule has 0 radical (unpaired) electrons. The zero-order chi connectivity index (χ0) is 19.5. The fraction of sp³-hybridized carbons (Fsp3) is 0.150. The Morgan fingerprint density at radius 1 is 1.25 bits per heavy atom. The highest BCUT2D eigenvalue weighted by Gasteiger charge is 2.18. The average Bonchev–Trinajstić information content (AvgIpc) is 3.17. The lowest BCUT2D eigenvalue weighted by molar-refractivity contribution is 0.0944. The third kappa shape index (κ3) is 3.71. The number of para-hydroxylation sites is 1. The van der Waals surface area contributed by atoms with Gasteiger partial charge in [0.25, 0.3) is 11.8 Å². The molecule has 1 aliphatic heterocycles. The Kier molecular flexibility index (Phi) is 4.76. The molecule has 0 spiro atoms. The number of hydrogen-bond donors (Lipinski definition) is 2. The first-order valence-electron chi connectivity index (χ1n) is 8.65. The average molecular weight is 381 g/mol. The largest absolute Gasteiger partial charge is 0.482 e. The SMILES string of the molecule is O=C(Nc1ccc2c(c1)C(=O)NCC2)c1cc(COc2ccccc2F)on1. The van der Waals surface area contributed by atoms with Crippen LogP contribution in [0, 0.1) is 5.82 Å². The molecule has 4 rings (SSSR count). The molecule has 28 heavy (non-hydrogen) atoms. The Balaban J connectivity index is 1.41. The van der Waals surface area contributed by atoms with Crippen LogP contribution in [0.1, 0.15) is 32.2 Å². The number of anilines is 1. The quantitative estimate of drug-likeness (QED) is 0.709. The highest BCUT2D eigenvalue weighted by atomic mass is 19.1. The number of halogens is 1. The molecule has 0 saturated heterocycles. The molecule has 0 saturated carbocycles. The van der Waals surface area contributed by atoms with Crippen LogP contribution in [0.5, 0.6) is 5.75 Å². The van der Waals surface area contributed by atoms with Crippen LogP contribution in [-0.4, -0.2) is 23.5 Å². The second kappa shape index (κ2) is 7.51. The molecule has 8 heteroatoms. The van der Waals surface area contributed by atoms with E-state index in [4.69, 9.17) is 9.26 Å². The fourth-order valence-electron chi connectivity index (χ4n) is 2.88. The minimum Gasteiger partial charge on any atom is -0.482 e. The van der Waals surface area contributed by atoms with Crippen molar-refractivity contribution < 1.29 is 23.2 Å². The summed E-state index contributed by atoms with van der Waals surface area (Å²) in [6.45, 7) is 0.536. The summed E-state index contributed by atoms with van der Waals surface area (Å²) in [6, 6.07) is 12.6. The first-order chi connectivity index (χ1) is 13.6. The molecular weight excluding hydrogens is 365 g/mol. The Hall–Kier alpha value is -3.68. The summed E-state index contributed by atoms with van der Waals surface area (Å²) in [5, 5.41) is 9.16. The van der Waals surface area contributed by atoms with Crippen LogP contribution in [0.3, 0.4) is 0 Å². The summed E-state index contributed by atoms with van der Waals surface area (Å²) in [6.07, 6.45) is 0.754. The molecule has 0 unspecified atom stereocenters. The maximum Gasteiger partial charge on any atom is 0.277 e. The second-order valence-corrected chi connectivity index (χ2v) is 6.23. The Morgan fingerprint density at radius 2 is 2.11 bits per heavy atom. The summed E-state index contributed by atoms with van der Waals surface area (Å²) in [7, 11) is 0. The van der Waals surface area contributed by atoms with E-state index in [0.717, 1.165) is 12.0 Å². The second-order valence-electron chi connectivity index (χ2n) is 6.23. The summed E-state index contributed by atoms with van der Waals surface area (Å²) < 4.78 is 23.9. The fourth-order valence-corrected chi connectivity index (χ4v) is 2.88. The molecule has 2 N–H and O–H groups in total. The van der Waals surface area contributed by atoms with Gasteiger partial charge in [-0.2, -0.15) is 0 Å². The number of ether oxygens (including phenoxy) is 1. The first kappa shape index (κ1) is 17.7. The number of amides is 2. The van der Waals surface area contributed by atoms with Gasteiger partial charge in [0.1, 0.15) is 6.61 Å². The van der Waals surface area contributed by atoms with Gasteiger partial charge in [0.2, 0.25) is 0 Å². The van der Waals surface area contributed by atoms with Crippen molar-refractivity contribution in [3.05, 3.63) is 76.9 Å². The van der Waals surface area contributed by atoms with Crippen molar-refractivity contribution in [1.82, 2.24) is 10.5 Å². The molecule has 0 fully saturated rings. The van der Waals surface area contributed by atoms with E-state index in [2.05, 4.69) is 15.8 Å². The van der Waals surface area contributed by atoms with Crippen molar-refractivity contribution in [2.24, 2.45) is 0 Å². The van der Waals surface area contributed by atoms with Gasteiger partial charge in [-0.15, -0.1) is 0 Å². The van der Waals surface area contributed by atoms with Crippen molar-refractivity contribution in [3.8, 4) is 5.75 Å². The predicted molar refractivity (Wildman–Crippen MR) is 97.7 cm³/mol. The van der Waals surface area contributed by atoms with Crippen molar-refractivity contribution >= 4 is 17.5 Å². The van der Waals surface area contributed by atoms with Gasteiger partial charge >= 0.3 is 0 Å².